The summed E-state index contributed by atoms with van der Waals surface area (Å²) < 4.78 is 13.3. The van der Waals surface area contributed by atoms with Gasteiger partial charge in [0.05, 0.1) is 0 Å². The maximum atomic E-state index is 12.7. The van der Waals surface area contributed by atoms with Gasteiger partial charge in [-0.2, -0.15) is 0 Å². The van der Waals surface area contributed by atoms with Gasteiger partial charge in [0, 0.05) is 37.6 Å². The van der Waals surface area contributed by atoms with E-state index in [0.29, 0.717) is 5.56 Å². The van der Waals surface area contributed by atoms with E-state index in [9.17, 15) is 9.00 Å². The molecule has 118 valence electrons. The van der Waals surface area contributed by atoms with Gasteiger partial charge in [-0.05, 0) is 43.5 Å². The van der Waals surface area contributed by atoms with E-state index in [2.05, 4.69) is 13.8 Å². The molecule has 0 aromatic heterocycles. The Hall–Kier alpha value is -1.36. The van der Waals surface area contributed by atoms with Gasteiger partial charge in [-0.15, -0.1) is 0 Å². The number of carbonyl (C=O) groups excluding carboxylic acids is 1. The summed E-state index contributed by atoms with van der Waals surface area (Å²) in [4.78, 5) is 14.5. The molecule has 0 spiro atoms. The highest BCUT2D eigenvalue weighted by Crippen LogP contribution is 2.20. The minimum atomic E-state index is -1.10. The van der Waals surface area contributed by atoms with E-state index in [1.807, 2.05) is 30.0 Å². The Kier molecular flexibility index (Phi) is 6.89. The van der Waals surface area contributed by atoms with Gasteiger partial charge in [-0.25, -0.2) is 4.21 Å². The maximum Gasteiger partial charge on any atom is 0.253 e. The van der Waals surface area contributed by atoms with Crippen LogP contribution in [0.1, 0.15) is 42.6 Å². The number of aryl methyl sites for hydroxylation is 1. The molecule has 1 atom stereocenters. The van der Waals surface area contributed by atoms with Gasteiger partial charge in [0.1, 0.15) is 11.0 Å². The Morgan fingerprint density at radius 1 is 1.14 bits per heavy atom. The molecule has 0 bridgehead atoms. The molecule has 0 fully saturated rings. The van der Waals surface area contributed by atoms with Crippen LogP contribution < -0.4 is 4.31 Å². The predicted octanol–water partition coefficient (Wildman–Crippen LogP) is 2.99. The van der Waals surface area contributed by atoms with Crippen molar-refractivity contribution in [2.24, 2.45) is 0 Å². The van der Waals surface area contributed by atoms with Gasteiger partial charge in [-0.1, -0.05) is 13.8 Å². The third kappa shape index (κ3) is 4.84. The monoisotopic (exact) mass is 310 g/mol. The van der Waals surface area contributed by atoms with Crippen molar-refractivity contribution in [3.8, 4) is 0 Å². The van der Waals surface area contributed by atoms with Crippen LogP contribution in [-0.4, -0.2) is 41.4 Å². The zero-order valence-corrected chi connectivity index (χ0v) is 14.5. The maximum absolute atomic E-state index is 12.7. The average molecular weight is 310 g/mol. The molecule has 0 aliphatic carbocycles. The Bertz CT molecular complexity index is 511. The fraction of sp³-hybridized carbons (Fsp3) is 0.562. The van der Waals surface area contributed by atoms with E-state index in [4.69, 9.17) is 0 Å². The highest BCUT2D eigenvalue weighted by molar-refractivity contribution is 7.85. The van der Waals surface area contributed by atoms with Crippen molar-refractivity contribution >= 4 is 22.6 Å². The number of amides is 1. The second-order valence-corrected chi connectivity index (χ2v) is 6.67. The summed E-state index contributed by atoms with van der Waals surface area (Å²) in [6, 6.07) is 5.67. The number of carbonyl (C=O) groups is 1. The van der Waals surface area contributed by atoms with Crippen LogP contribution in [0.5, 0.6) is 0 Å². The summed E-state index contributed by atoms with van der Waals surface area (Å²) in [7, 11) is 0.673. The van der Waals surface area contributed by atoms with Gasteiger partial charge >= 0.3 is 0 Å². The number of benzene rings is 1. The van der Waals surface area contributed by atoms with Crippen molar-refractivity contribution in [3.05, 3.63) is 29.3 Å². The van der Waals surface area contributed by atoms with Gasteiger partial charge in [0.25, 0.3) is 5.91 Å². The first-order chi connectivity index (χ1) is 9.90. The van der Waals surface area contributed by atoms with Crippen molar-refractivity contribution < 1.29 is 9.00 Å². The van der Waals surface area contributed by atoms with Crippen LogP contribution in [0.2, 0.25) is 0 Å². The lowest BCUT2D eigenvalue weighted by molar-refractivity contribution is 0.0755. The topological polar surface area (TPSA) is 40.6 Å². The summed E-state index contributed by atoms with van der Waals surface area (Å²) in [5.41, 5.74) is 2.48. The average Bonchev–Trinajstić information content (AvgIpc) is 2.44. The van der Waals surface area contributed by atoms with E-state index in [1.54, 1.807) is 17.6 Å². The number of hydrogen-bond acceptors (Lipinski definition) is 2. The summed E-state index contributed by atoms with van der Waals surface area (Å²) in [6.07, 6.45) is 3.52. The highest BCUT2D eigenvalue weighted by Gasteiger charge is 2.16. The lowest BCUT2D eigenvalue weighted by atomic mass is 10.1. The molecule has 1 rings (SSSR count). The molecular formula is C16H26N2O2S. The third-order valence-electron chi connectivity index (χ3n) is 3.33. The van der Waals surface area contributed by atoms with Crippen LogP contribution >= 0.6 is 0 Å². The number of nitrogens with zero attached hydrogens (tertiary/aromatic N) is 2. The first kappa shape index (κ1) is 17.7. The molecule has 0 N–H and O–H groups in total. The minimum Gasteiger partial charge on any atom is -0.339 e. The standard InChI is InChI=1S/C16H26N2O2S/c1-6-8-18(9-7-2)16(19)14-10-13(3)11-15(12-14)17(4)21(5)20/h10-12H,6-9H2,1-5H3. The van der Waals surface area contributed by atoms with Crippen molar-refractivity contribution in [2.75, 3.05) is 30.7 Å². The van der Waals surface area contributed by atoms with Crippen LogP contribution in [0, 0.1) is 6.92 Å². The predicted molar refractivity (Wildman–Crippen MR) is 90.1 cm³/mol. The Morgan fingerprint density at radius 2 is 1.71 bits per heavy atom. The molecule has 21 heavy (non-hydrogen) atoms. The molecule has 0 saturated heterocycles. The summed E-state index contributed by atoms with van der Waals surface area (Å²) in [6.45, 7) is 7.64. The summed E-state index contributed by atoms with van der Waals surface area (Å²) >= 11 is 0. The summed E-state index contributed by atoms with van der Waals surface area (Å²) in [5, 5.41) is 0. The second-order valence-electron chi connectivity index (χ2n) is 5.27. The SMILES string of the molecule is CCCN(CCC)C(=O)c1cc(C)cc(N(C)S(C)=O)c1. The number of anilines is 1. The molecule has 4 nitrogen and oxygen atoms in total. The molecule has 0 aliphatic heterocycles. The number of rotatable bonds is 7. The molecular weight excluding hydrogens is 284 g/mol. The number of hydrogen-bond donors (Lipinski definition) is 0. The van der Waals surface area contributed by atoms with Gasteiger partial charge in [0.15, 0.2) is 0 Å². The minimum absolute atomic E-state index is 0.0546. The van der Waals surface area contributed by atoms with E-state index in [-0.39, 0.29) is 5.91 Å². The Balaban J connectivity index is 3.11. The largest absolute Gasteiger partial charge is 0.339 e. The second kappa shape index (κ2) is 8.17. The van der Waals surface area contributed by atoms with Crippen LogP contribution in [0.4, 0.5) is 5.69 Å². The Labute approximate surface area is 130 Å². The van der Waals surface area contributed by atoms with Crippen LogP contribution in [0.15, 0.2) is 18.2 Å². The summed E-state index contributed by atoms with van der Waals surface area (Å²) in [5.74, 6) is 0.0546. The molecule has 0 radical (unpaired) electrons. The van der Waals surface area contributed by atoms with E-state index in [0.717, 1.165) is 37.2 Å². The van der Waals surface area contributed by atoms with Gasteiger partial charge in [-0.3, -0.25) is 9.10 Å². The molecule has 0 aliphatic rings. The van der Waals surface area contributed by atoms with E-state index >= 15 is 0 Å². The van der Waals surface area contributed by atoms with E-state index in [1.165, 1.54) is 0 Å². The van der Waals surface area contributed by atoms with Crippen LogP contribution in [-0.2, 0) is 11.0 Å². The lowest BCUT2D eigenvalue weighted by Crippen LogP contribution is -2.32. The normalized spacial score (nSPS) is 12.0. The highest BCUT2D eigenvalue weighted by atomic mass is 32.2. The molecule has 5 heteroatoms. The fourth-order valence-electron chi connectivity index (χ4n) is 2.25. The van der Waals surface area contributed by atoms with Crippen molar-refractivity contribution in [1.82, 2.24) is 4.90 Å². The zero-order valence-electron chi connectivity index (χ0n) is 13.7. The molecule has 1 amide bonds. The van der Waals surface area contributed by atoms with Crippen molar-refractivity contribution in [1.29, 1.82) is 0 Å². The van der Waals surface area contributed by atoms with Gasteiger partial charge in [0.2, 0.25) is 0 Å². The van der Waals surface area contributed by atoms with Crippen molar-refractivity contribution in [2.45, 2.75) is 33.6 Å². The molecule has 1 unspecified atom stereocenters. The third-order valence-corrected chi connectivity index (χ3v) is 4.31. The van der Waals surface area contributed by atoms with E-state index < -0.39 is 11.0 Å². The molecule has 1 aromatic rings. The molecule has 0 saturated carbocycles. The van der Waals surface area contributed by atoms with Crippen LogP contribution in [0.25, 0.3) is 0 Å². The zero-order chi connectivity index (χ0) is 16.0. The quantitative estimate of drug-likeness (QED) is 0.777. The van der Waals surface area contributed by atoms with Crippen LogP contribution in [0.3, 0.4) is 0 Å². The van der Waals surface area contributed by atoms with Gasteiger partial charge < -0.3 is 4.90 Å². The molecule has 0 heterocycles. The van der Waals surface area contributed by atoms with Crippen molar-refractivity contribution in [3.63, 3.8) is 0 Å². The Morgan fingerprint density at radius 3 is 2.19 bits per heavy atom. The smallest absolute Gasteiger partial charge is 0.253 e. The first-order valence-corrected chi connectivity index (χ1v) is 8.90. The lowest BCUT2D eigenvalue weighted by Gasteiger charge is -2.23. The first-order valence-electron chi connectivity index (χ1n) is 7.38. The fourth-order valence-corrected chi connectivity index (χ4v) is 2.66. The molecule has 1 aromatic carbocycles.